The number of likely N-dealkylation sites (tertiary alicyclic amines) is 1. The Morgan fingerprint density at radius 3 is 2.81 bits per heavy atom. The van der Waals surface area contributed by atoms with Crippen LogP contribution < -0.4 is 4.74 Å². The Bertz CT molecular complexity index is 865. The number of hydrogen-bond donors (Lipinski definition) is 0. The van der Waals surface area contributed by atoms with Crippen molar-refractivity contribution in [2.24, 2.45) is 0 Å². The molecule has 3 aromatic rings. The second-order valence-electron chi connectivity index (χ2n) is 6.32. The zero-order valence-electron chi connectivity index (χ0n) is 14.4. The molecule has 1 unspecified atom stereocenters. The maximum atomic E-state index is 13.0. The number of aromatic nitrogens is 3. The van der Waals surface area contributed by atoms with Gasteiger partial charge in [-0.3, -0.25) is 9.78 Å². The van der Waals surface area contributed by atoms with Crippen LogP contribution in [0.4, 0.5) is 0 Å². The Kier molecular flexibility index (Phi) is 4.64. The maximum absolute atomic E-state index is 13.0. The van der Waals surface area contributed by atoms with Gasteiger partial charge in [-0.1, -0.05) is 6.07 Å². The molecular formula is C20H20N4O2. The van der Waals surface area contributed by atoms with Crippen molar-refractivity contribution in [3.8, 4) is 11.4 Å². The van der Waals surface area contributed by atoms with E-state index in [0.717, 1.165) is 30.8 Å². The van der Waals surface area contributed by atoms with Crippen molar-refractivity contribution in [2.45, 2.75) is 18.9 Å². The Hall–Kier alpha value is -3.15. The molecule has 3 heterocycles. The van der Waals surface area contributed by atoms with Gasteiger partial charge in [0.05, 0.1) is 12.2 Å². The Morgan fingerprint density at radius 1 is 1.12 bits per heavy atom. The van der Waals surface area contributed by atoms with Crippen LogP contribution in [0, 0.1) is 0 Å². The van der Waals surface area contributed by atoms with Crippen molar-refractivity contribution in [1.29, 1.82) is 0 Å². The van der Waals surface area contributed by atoms with E-state index in [2.05, 4.69) is 10.1 Å². The molecule has 1 atom stereocenters. The molecule has 1 fully saturated rings. The first-order valence-electron chi connectivity index (χ1n) is 8.75. The predicted molar refractivity (Wildman–Crippen MR) is 97.4 cm³/mol. The van der Waals surface area contributed by atoms with Crippen LogP contribution in [0.5, 0.6) is 5.75 Å². The first-order valence-corrected chi connectivity index (χ1v) is 8.75. The average molecular weight is 348 g/mol. The molecule has 6 nitrogen and oxygen atoms in total. The van der Waals surface area contributed by atoms with E-state index in [-0.39, 0.29) is 12.0 Å². The summed E-state index contributed by atoms with van der Waals surface area (Å²) in [6.07, 6.45) is 8.89. The van der Waals surface area contributed by atoms with Gasteiger partial charge in [0.1, 0.15) is 11.9 Å². The van der Waals surface area contributed by atoms with Crippen LogP contribution in [-0.2, 0) is 0 Å². The number of carbonyl (C=O) groups is 1. The van der Waals surface area contributed by atoms with Crippen molar-refractivity contribution < 1.29 is 9.53 Å². The molecule has 0 aliphatic carbocycles. The molecule has 0 saturated carbocycles. The normalized spacial score (nSPS) is 17.1. The van der Waals surface area contributed by atoms with Gasteiger partial charge in [0.2, 0.25) is 0 Å². The van der Waals surface area contributed by atoms with Gasteiger partial charge in [-0.05, 0) is 49.2 Å². The summed E-state index contributed by atoms with van der Waals surface area (Å²) in [7, 11) is 0. The van der Waals surface area contributed by atoms with Gasteiger partial charge in [-0.15, -0.1) is 0 Å². The number of nitrogens with zero attached hydrogens (tertiary/aromatic N) is 4. The second-order valence-corrected chi connectivity index (χ2v) is 6.32. The molecule has 132 valence electrons. The van der Waals surface area contributed by atoms with Crippen LogP contribution in [0.3, 0.4) is 0 Å². The lowest BCUT2D eigenvalue weighted by Gasteiger charge is -2.33. The summed E-state index contributed by atoms with van der Waals surface area (Å²) >= 11 is 0. The Morgan fingerprint density at radius 2 is 2.00 bits per heavy atom. The number of rotatable bonds is 4. The fourth-order valence-corrected chi connectivity index (χ4v) is 3.21. The summed E-state index contributed by atoms with van der Waals surface area (Å²) in [4.78, 5) is 18.8. The van der Waals surface area contributed by atoms with Gasteiger partial charge in [-0.2, -0.15) is 5.10 Å². The zero-order chi connectivity index (χ0) is 17.8. The third-order valence-corrected chi connectivity index (χ3v) is 4.48. The number of carbonyl (C=O) groups excluding carboxylic acids is 1. The van der Waals surface area contributed by atoms with E-state index in [4.69, 9.17) is 4.74 Å². The van der Waals surface area contributed by atoms with Crippen LogP contribution >= 0.6 is 0 Å². The molecule has 6 heteroatoms. The SMILES string of the molecule is O=C(c1cccc(-n2cccn2)c1)N1CCCC(Oc2ccncc2)C1. The molecule has 26 heavy (non-hydrogen) atoms. The quantitative estimate of drug-likeness (QED) is 0.727. The maximum Gasteiger partial charge on any atom is 0.254 e. The first-order chi connectivity index (χ1) is 12.8. The summed E-state index contributed by atoms with van der Waals surface area (Å²) < 4.78 is 7.76. The topological polar surface area (TPSA) is 60.2 Å². The molecule has 1 aromatic carbocycles. The highest BCUT2D eigenvalue weighted by Crippen LogP contribution is 2.20. The standard InChI is InChI=1S/C20H20N4O2/c25-20(16-4-1-5-17(14-16)24-13-3-9-22-24)23-12-2-6-19(15-23)26-18-7-10-21-11-8-18/h1,3-5,7-11,13-14,19H,2,6,12,15H2. The van der Waals surface area contributed by atoms with Crippen LogP contribution in [0.2, 0.25) is 0 Å². The van der Waals surface area contributed by atoms with Crippen LogP contribution in [0.1, 0.15) is 23.2 Å². The fourth-order valence-electron chi connectivity index (χ4n) is 3.21. The van der Waals surface area contributed by atoms with E-state index in [9.17, 15) is 4.79 Å². The Labute approximate surface area is 152 Å². The lowest BCUT2D eigenvalue weighted by Crippen LogP contribution is -2.44. The van der Waals surface area contributed by atoms with Crippen molar-refractivity contribution in [1.82, 2.24) is 19.7 Å². The lowest BCUT2D eigenvalue weighted by atomic mass is 10.1. The smallest absolute Gasteiger partial charge is 0.254 e. The first kappa shape index (κ1) is 16.3. The number of benzene rings is 1. The van der Waals surface area contributed by atoms with Crippen molar-refractivity contribution in [2.75, 3.05) is 13.1 Å². The van der Waals surface area contributed by atoms with Crippen molar-refractivity contribution >= 4 is 5.91 Å². The molecule has 4 rings (SSSR count). The highest BCUT2D eigenvalue weighted by atomic mass is 16.5. The number of ether oxygens (including phenoxy) is 1. The molecule has 1 saturated heterocycles. The predicted octanol–water partition coefficient (Wildman–Crippen LogP) is 2.95. The lowest BCUT2D eigenvalue weighted by molar-refractivity contribution is 0.0537. The minimum atomic E-state index is 0.00407. The van der Waals surface area contributed by atoms with Crippen molar-refractivity contribution in [3.05, 3.63) is 72.8 Å². The largest absolute Gasteiger partial charge is 0.488 e. The van der Waals surface area contributed by atoms with E-state index in [1.807, 2.05) is 53.6 Å². The summed E-state index contributed by atoms with van der Waals surface area (Å²) in [5.41, 5.74) is 1.55. The monoisotopic (exact) mass is 348 g/mol. The molecule has 2 aromatic heterocycles. The third kappa shape index (κ3) is 3.59. The summed E-state index contributed by atoms with van der Waals surface area (Å²) in [5.74, 6) is 0.821. The second kappa shape index (κ2) is 7.39. The number of amides is 1. The number of pyridine rings is 1. The van der Waals surface area contributed by atoms with E-state index in [0.29, 0.717) is 12.1 Å². The summed E-state index contributed by atoms with van der Waals surface area (Å²) in [5, 5.41) is 4.23. The summed E-state index contributed by atoms with van der Waals surface area (Å²) in [6.45, 7) is 1.34. The number of piperidine rings is 1. The Balaban J connectivity index is 1.47. The molecule has 0 radical (unpaired) electrons. The van der Waals surface area contributed by atoms with Gasteiger partial charge in [0.15, 0.2) is 0 Å². The molecule has 1 amide bonds. The van der Waals surface area contributed by atoms with Gasteiger partial charge in [0, 0.05) is 36.9 Å². The van der Waals surface area contributed by atoms with Crippen LogP contribution in [0.25, 0.3) is 5.69 Å². The summed E-state index contributed by atoms with van der Waals surface area (Å²) in [6, 6.07) is 13.1. The highest BCUT2D eigenvalue weighted by Gasteiger charge is 2.26. The molecule has 0 spiro atoms. The van der Waals surface area contributed by atoms with E-state index < -0.39 is 0 Å². The molecule has 0 N–H and O–H groups in total. The van der Waals surface area contributed by atoms with E-state index in [1.54, 1.807) is 23.3 Å². The number of hydrogen-bond acceptors (Lipinski definition) is 4. The van der Waals surface area contributed by atoms with E-state index in [1.165, 1.54) is 0 Å². The van der Waals surface area contributed by atoms with Crippen LogP contribution in [0.15, 0.2) is 67.3 Å². The minimum Gasteiger partial charge on any atom is -0.488 e. The van der Waals surface area contributed by atoms with Crippen molar-refractivity contribution in [3.63, 3.8) is 0 Å². The highest BCUT2D eigenvalue weighted by molar-refractivity contribution is 5.94. The molecular weight excluding hydrogens is 328 g/mol. The minimum absolute atomic E-state index is 0.00407. The molecule has 0 bridgehead atoms. The van der Waals surface area contributed by atoms with Gasteiger partial charge in [-0.25, -0.2) is 4.68 Å². The average Bonchev–Trinajstić information content (AvgIpc) is 3.23. The fraction of sp³-hybridized carbons (Fsp3) is 0.250. The molecule has 1 aliphatic rings. The van der Waals surface area contributed by atoms with Gasteiger partial charge >= 0.3 is 0 Å². The zero-order valence-corrected chi connectivity index (χ0v) is 14.4. The third-order valence-electron chi connectivity index (χ3n) is 4.48. The van der Waals surface area contributed by atoms with Gasteiger partial charge < -0.3 is 9.64 Å². The molecule has 1 aliphatic heterocycles. The van der Waals surface area contributed by atoms with Crippen LogP contribution in [-0.4, -0.2) is 44.8 Å². The van der Waals surface area contributed by atoms with Gasteiger partial charge in [0.25, 0.3) is 5.91 Å². The van der Waals surface area contributed by atoms with E-state index >= 15 is 0 Å².